The smallest absolute Gasteiger partial charge is 0.347 e. The van der Waals surface area contributed by atoms with Gasteiger partial charge < -0.3 is 10.4 Å². The zero-order valence-corrected chi connectivity index (χ0v) is 12.3. The first-order valence-corrected chi connectivity index (χ1v) is 7.21. The molecule has 0 unspecified atom stereocenters. The van der Waals surface area contributed by atoms with Crippen molar-refractivity contribution >= 4 is 35.0 Å². The van der Waals surface area contributed by atoms with Crippen LogP contribution in [0.3, 0.4) is 0 Å². The molecule has 0 saturated carbocycles. The summed E-state index contributed by atoms with van der Waals surface area (Å²) in [5.41, 5.74) is 0.801. The first kappa shape index (κ1) is 14.5. The van der Waals surface area contributed by atoms with Crippen LogP contribution in [0.25, 0.3) is 0 Å². The molecule has 8 heteroatoms. The zero-order chi connectivity index (χ0) is 14.7. The number of nitrogens with one attached hydrogen (secondary N) is 1. The van der Waals surface area contributed by atoms with Crippen LogP contribution >= 0.6 is 23.1 Å². The van der Waals surface area contributed by atoms with Gasteiger partial charge in [-0.1, -0.05) is 11.8 Å². The molecule has 2 heterocycles. The van der Waals surface area contributed by atoms with Crippen molar-refractivity contribution in [3.8, 4) is 0 Å². The Labute approximate surface area is 123 Å². The molecule has 2 N–H and O–H groups in total. The number of hydrogen-bond donors (Lipinski definition) is 2. The lowest BCUT2D eigenvalue weighted by atomic mass is 10.3. The van der Waals surface area contributed by atoms with Gasteiger partial charge in [0, 0.05) is 18.1 Å². The van der Waals surface area contributed by atoms with Crippen molar-refractivity contribution in [2.75, 3.05) is 7.05 Å². The molecule has 0 spiro atoms. The Morgan fingerprint density at radius 2 is 2.20 bits per heavy atom. The molecule has 20 heavy (non-hydrogen) atoms. The third-order valence-corrected chi connectivity index (χ3v) is 4.56. The van der Waals surface area contributed by atoms with Crippen molar-refractivity contribution in [1.82, 2.24) is 15.3 Å². The van der Waals surface area contributed by atoms with E-state index in [2.05, 4.69) is 15.3 Å². The molecule has 2 aromatic rings. The summed E-state index contributed by atoms with van der Waals surface area (Å²) < 4.78 is 0.619. The molecule has 2 rings (SSSR count). The summed E-state index contributed by atoms with van der Waals surface area (Å²) >= 11 is 2.42. The van der Waals surface area contributed by atoms with Gasteiger partial charge in [0.05, 0.1) is 5.69 Å². The van der Waals surface area contributed by atoms with Crippen LogP contribution in [0, 0.1) is 6.92 Å². The number of amides is 1. The lowest BCUT2D eigenvalue weighted by Crippen LogP contribution is -2.18. The topological polar surface area (TPSA) is 92.2 Å². The monoisotopic (exact) mass is 309 g/mol. The Hall–Kier alpha value is -1.93. The molecule has 0 bridgehead atoms. The number of aromatic carboxylic acids is 1. The van der Waals surface area contributed by atoms with Gasteiger partial charge >= 0.3 is 5.97 Å². The highest BCUT2D eigenvalue weighted by Crippen LogP contribution is 2.32. The van der Waals surface area contributed by atoms with Crippen LogP contribution in [-0.2, 0) is 0 Å². The van der Waals surface area contributed by atoms with E-state index >= 15 is 0 Å². The number of carboxylic acids is 1. The number of carbonyl (C=O) groups excluding carboxylic acids is 1. The SMILES string of the molecule is CNC(=O)c1cc(Sc2nc(C)c(C(=O)O)s2)ccn1. The van der Waals surface area contributed by atoms with Crippen molar-refractivity contribution < 1.29 is 14.7 Å². The molecule has 0 aromatic carbocycles. The maximum absolute atomic E-state index is 11.5. The van der Waals surface area contributed by atoms with Gasteiger partial charge in [0.25, 0.3) is 5.91 Å². The fraction of sp³-hybridized carbons (Fsp3) is 0.167. The van der Waals surface area contributed by atoms with Crippen LogP contribution in [0.5, 0.6) is 0 Å². The number of nitrogens with zero attached hydrogens (tertiary/aromatic N) is 2. The van der Waals surface area contributed by atoms with E-state index in [-0.39, 0.29) is 10.8 Å². The second kappa shape index (κ2) is 6.02. The van der Waals surface area contributed by atoms with Crippen LogP contribution < -0.4 is 5.32 Å². The maximum atomic E-state index is 11.5. The molecule has 0 aliphatic carbocycles. The normalized spacial score (nSPS) is 10.3. The number of carboxylic acid groups (broad SMARTS) is 1. The number of carbonyl (C=O) groups is 2. The minimum atomic E-state index is -0.979. The minimum absolute atomic E-state index is 0.230. The van der Waals surface area contributed by atoms with Gasteiger partial charge in [-0.15, -0.1) is 11.3 Å². The molecular weight excluding hydrogens is 298 g/mol. The second-order valence-corrected chi connectivity index (χ2v) is 6.08. The average molecular weight is 309 g/mol. The molecule has 1 amide bonds. The molecular formula is C12H11N3O3S2. The van der Waals surface area contributed by atoms with Gasteiger partial charge in [-0.05, 0) is 19.1 Å². The average Bonchev–Trinajstić information content (AvgIpc) is 2.79. The van der Waals surface area contributed by atoms with Crippen molar-refractivity contribution in [2.45, 2.75) is 16.2 Å². The van der Waals surface area contributed by atoms with E-state index in [1.807, 2.05) is 0 Å². The van der Waals surface area contributed by atoms with Gasteiger partial charge in [0.2, 0.25) is 0 Å². The first-order chi connectivity index (χ1) is 9.51. The largest absolute Gasteiger partial charge is 0.477 e. The Morgan fingerprint density at radius 3 is 2.80 bits per heavy atom. The molecule has 0 saturated heterocycles. The van der Waals surface area contributed by atoms with E-state index in [1.54, 1.807) is 19.1 Å². The van der Waals surface area contributed by atoms with Crippen LogP contribution in [0.15, 0.2) is 27.6 Å². The van der Waals surface area contributed by atoms with E-state index in [4.69, 9.17) is 5.11 Å². The molecule has 2 aromatic heterocycles. The van der Waals surface area contributed by atoms with E-state index in [1.165, 1.54) is 25.0 Å². The van der Waals surface area contributed by atoms with Crippen molar-refractivity contribution in [3.63, 3.8) is 0 Å². The summed E-state index contributed by atoms with van der Waals surface area (Å²) in [4.78, 5) is 31.6. The summed E-state index contributed by atoms with van der Waals surface area (Å²) in [5.74, 6) is -1.25. The zero-order valence-electron chi connectivity index (χ0n) is 10.7. The number of rotatable bonds is 4. The van der Waals surface area contributed by atoms with E-state index in [0.29, 0.717) is 15.7 Å². The summed E-state index contributed by atoms with van der Waals surface area (Å²) in [5, 5.41) is 11.5. The highest BCUT2D eigenvalue weighted by molar-refractivity contribution is 8.01. The van der Waals surface area contributed by atoms with Gasteiger partial charge in [-0.2, -0.15) is 0 Å². The predicted octanol–water partition coefficient (Wildman–Crippen LogP) is 2.06. The number of aromatic nitrogens is 2. The van der Waals surface area contributed by atoms with Gasteiger partial charge in [0.15, 0.2) is 4.34 Å². The molecule has 6 nitrogen and oxygen atoms in total. The maximum Gasteiger partial charge on any atom is 0.347 e. The Kier molecular flexibility index (Phi) is 4.35. The number of aryl methyl sites for hydroxylation is 1. The quantitative estimate of drug-likeness (QED) is 0.898. The summed E-state index contributed by atoms with van der Waals surface area (Å²) in [6.07, 6.45) is 1.53. The third kappa shape index (κ3) is 3.14. The van der Waals surface area contributed by atoms with Crippen LogP contribution in [0.2, 0.25) is 0 Å². The molecule has 0 aliphatic rings. The summed E-state index contributed by atoms with van der Waals surface area (Å²) in [6.45, 7) is 1.66. The van der Waals surface area contributed by atoms with Gasteiger partial charge in [-0.25, -0.2) is 9.78 Å². The summed E-state index contributed by atoms with van der Waals surface area (Å²) in [7, 11) is 1.53. The third-order valence-electron chi connectivity index (χ3n) is 2.37. The number of pyridine rings is 1. The van der Waals surface area contributed by atoms with Crippen molar-refractivity contribution in [1.29, 1.82) is 0 Å². The Bertz CT molecular complexity index is 670. The van der Waals surface area contributed by atoms with Gasteiger partial charge in [0.1, 0.15) is 10.6 Å². The standard InChI is InChI=1S/C12H11N3O3S2/c1-6-9(11(17)18)20-12(15-6)19-7-3-4-14-8(5-7)10(16)13-2/h3-5H,1-2H3,(H,13,16)(H,17,18). The van der Waals surface area contributed by atoms with E-state index in [9.17, 15) is 9.59 Å². The lowest BCUT2D eigenvalue weighted by Gasteiger charge is -2.01. The molecule has 0 radical (unpaired) electrons. The van der Waals surface area contributed by atoms with Crippen LogP contribution in [0.1, 0.15) is 25.9 Å². The number of thiazole rings is 1. The predicted molar refractivity (Wildman–Crippen MR) is 75.6 cm³/mol. The Balaban J connectivity index is 2.24. The molecule has 0 fully saturated rings. The van der Waals surface area contributed by atoms with E-state index < -0.39 is 5.97 Å². The molecule has 104 valence electrons. The highest BCUT2D eigenvalue weighted by atomic mass is 32.2. The van der Waals surface area contributed by atoms with E-state index in [0.717, 1.165) is 16.2 Å². The van der Waals surface area contributed by atoms with Gasteiger partial charge in [-0.3, -0.25) is 9.78 Å². The molecule has 0 atom stereocenters. The fourth-order valence-corrected chi connectivity index (χ4v) is 3.47. The van der Waals surface area contributed by atoms with Crippen molar-refractivity contribution in [3.05, 3.63) is 34.6 Å². The van der Waals surface area contributed by atoms with Crippen molar-refractivity contribution in [2.24, 2.45) is 0 Å². The second-order valence-electron chi connectivity index (χ2n) is 3.76. The lowest BCUT2D eigenvalue weighted by molar-refractivity contribution is 0.0701. The van der Waals surface area contributed by atoms with Crippen LogP contribution in [-0.4, -0.2) is 34.0 Å². The number of hydrogen-bond acceptors (Lipinski definition) is 6. The highest BCUT2D eigenvalue weighted by Gasteiger charge is 2.15. The fourth-order valence-electron chi connectivity index (χ4n) is 1.44. The Morgan fingerprint density at radius 1 is 1.45 bits per heavy atom. The minimum Gasteiger partial charge on any atom is -0.477 e. The van der Waals surface area contributed by atoms with Crippen LogP contribution in [0.4, 0.5) is 0 Å². The summed E-state index contributed by atoms with van der Waals surface area (Å²) in [6, 6.07) is 3.38. The first-order valence-electron chi connectivity index (χ1n) is 5.58. The molecule has 0 aliphatic heterocycles.